The number of amides is 1. The van der Waals surface area contributed by atoms with Crippen LogP contribution in [0.3, 0.4) is 0 Å². The van der Waals surface area contributed by atoms with Gasteiger partial charge in [-0.05, 0) is 19.3 Å². The van der Waals surface area contributed by atoms with Gasteiger partial charge in [-0.3, -0.25) is 9.48 Å². The van der Waals surface area contributed by atoms with Crippen LogP contribution in [0.1, 0.15) is 48.7 Å². The molecular formula is C13H20BrN3O. The van der Waals surface area contributed by atoms with Crippen LogP contribution in [0.25, 0.3) is 0 Å². The van der Waals surface area contributed by atoms with Crippen molar-refractivity contribution in [1.82, 2.24) is 15.1 Å². The lowest BCUT2D eigenvalue weighted by molar-refractivity contribution is 0.0929. The summed E-state index contributed by atoms with van der Waals surface area (Å²) in [6.45, 7) is 2.02. The van der Waals surface area contributed by atoms with Crippen LogP contribution in [-0.2, 0) is 13.5 Å². The second-order valence-electron chi connectivity index (χ2n) is 4.90. The SMILES string of the molecule is CCc1nn(C)cc1C(=O)NC1CCCCC1Br. The van der Waals surface area contributed by atoms with Gasteiger partial charge in [0.05, 0.1) is 11.3 Å². The highest BCUT2D eigenvalue weighted by Crippen LogP contribution is 2.24. The molecule has 1 aromatic heterocycles. The Hall–Kier alpha value is -0.840. The Morgan fingerprint density at radius 1 is 1.56 bits per heavy atom. The predicted octanol–water partition coefficient (Wildman–Crippen LogP) is 2.42. The van der Waals surface area contributed by atoms with Crippen molar-refractivity contribution in [2.45, 2.75) is 49.9 Å². The first-order valence-electron chi connectivity index (χ1n) is 6.59. The minimum atomic E-state index is 0.0105. The van der Waals surface area contributed by atoms with E-state index in [-0.39, 0.29) is 11.9 Å². The van der Waals surface area contributed by atoms with E-state index in [2.05, 4.69) is 26.3 Å². The van der Waals surface area contributed by atoms with E-state index in [0.29, 0.717) is 10.4 Å². The molecule has 0 radical (unpaired) electrons. The fourth-order valence-electron chi connectivity index (χ4n) is 2.48. The van der Waals surface area contributed by atoms with E-state index in [1.807, 2.05) is 14.0 Å². The number of carbonyl (C=O) groups is 1. The highest BCUT2D eigenvalue weighted by Gasteiger charge is 2.25. The molecule has 1 aromatic rings. The maximum atomic E-state index is 12.3. The average Bonchev–Trinajstić information content (AvgIpc) is 2.73. The molecule has 1 N–H and O–H groups in total. The Morgan fingerprint density at radius 2 is 2.28 bits per heavy atom. The lowest BCUT2D eigenvalue weighted by Gasteiger charge is -2.28. The van der Waals surface area contributed by atoms with Crippen molar-refractivity contribution in [2.24, 2.45) is 7.05 Å². The molecule has 1 fully saturated rings. The van der Waals surface area contributed by atoms with Gasteiger partial charge in [0.15, 0.2) is 0 Å². The summed E-state index contributed by atoms with van der Waals surface area (Å²) in [4.78, 5) is 12.7. The summed E-state index contributed by atoms with van der Waals surface area (Å²) >= 11 is 3.66. The highest BCUT2D eigenvalue weighted by atomic mass is 79.9. The van der Waals surface area contributed by atoms with Gasteiger partial charge in [-0.15, -0.1) is 0 Å². The van der Waals surface area contributed by atoms with E-state index in [4.69, 9.17) is 0 Å². The van der Waals surface area contributed by atoms with E-state index in [9.17, 15) is 4.79 Å². The van der Waals surface area contributed by atoms with Gasteiger partial charge in [-0.25, -0.2) is 0 Å². The zero-order valence-electron chi connectivity index (χ0n) is 10.9. The molecule has 1 heterocycles. The summed E-state index contributed by atoms with van der Waals surface area (Å²) in [6.07, 6.45) is 7.23. The van der Waals surface area contributed by atoms with Crippen molar-refractivity contribution in [3.8, 4) is 0 Å². The van der Waals surface area contributed by atoms with Gasteiger partial charge in [0.25, 0.3) is 5.91 Å². The Kier molecular flexibility index (Phi) is 4.43. The maximum Gasteiger partial charge on any atom is 0.255 e. The molecule has 5 heteroatoms. The zero-order chi connectivity index (χ0) is 13.1. The number of aromatic nitrogens is 2. The van der Waals surface area contributed by atoms with Gasteiger partial charge >= 0.3 is 0 Å². The molecule has 1 amide bonds. The van der Waals surface area contributed by atoms with Crippen molar-refractivity contribution in [1.29, 1.82) is 0 Å². The van der Waals surface area contributed by atoms with Gasteiger partial charge in [0, 0.05) is 24.1 Å². The molecule has 100 valence electrons. The second-order valence-corrected chi connectivity index (χ2v) is 6.07. The highest BCUT2D eigenvalue weighted by molar-refractivity contribution is 9.09. The number of nitrogens with one attached hydrogen (secondary N) is 1. The normalized spacial score (nSPS) is 23.9. The standard InChI is InChI=1S/C13H20BrN3O/c1-3-11-9(8-17(2)16-11)13(18)15-12-7-5-4-6-10(12)14/h8,10,12H,3-7H2,1-2H3,(H,15,18). The number of halogens is 1. The lowest BCUT2D eigenvalue weighted by Crippen LogP contribution is -2.42. The summed E-state index contributed by atoms with van der Waals surface area (Å²) in [7, 11) is 1.85. The number of hydrogen-bond acceptors (Lipinski definition) is 2. The fourth-order valence-corrected chi connectivity index (χ4v) is 3.20. The van der Waals surface area contributed by atoms with Crippen LogP contribution in [0.4, 0.5) is 0 Å². The maximum absolute atomic E-state index is 12.3. The topological polar surface area (TPSA) is 46.9 Å². The Labute approximate surface area is 116 Å². The third-order valence-corrected chi connectivity index (χ3v) is 4.58. The van der Waals surface area contributed by atoms with Crippen LogP contribution in [0.2, 0.25) is 0 Å². The minimum Gasteiger partial charge on any atom is -0.348 e. The van der Waals surface area contributed by atoms with E-state index < -0.39 is 0 Å². The number of alkyl halides is 1. The molecule has 0 spiro atoms. The number of rotatable bonds is 3. The molecule has 0 saturated heterocycles. The number of aryl methyl sites for hydroxylation is 2. The van der Waals surface area contributed by atoms with Crippen molar-refractivity contribution < 1.29 is 4.79 Å². The van der Waals surface area contributed by atoms with E-state index in [0.717, 1.165) is 25.0 Å². The Balaban J connectivity index is 2.06. The molecule has 18 heavy (non-hydrogen) atoms. The molecule has 0 bridgehead atoms. The van der Waals surface area contributed by atoms with Crippen LogP contribution in [0, 0.1) is 0 Å². The summed E-state index contributed by atoms with van der Waals surface area (Å²) < 4.78 is 1.71. The largest absolute Gasteiger partial charge is 0.348 e. The number of carbonyl (C=O) groups excluding carboxylic acids is 1. The first kappa shape index (κ1) is 13.6. The monoisotopic (exact) mass is 313 g/mol. The van der Waals surface area contributed by atoms with Crippen molar-refractivity contribution in [3.63, 3.8) is 0 Å². The van der Waals surface area contributed by atoms with Crippen molar-refractivity contribution >= 4 is 21.8 Å². The molecule has 1 aliphatic carbocycles. The Bertz CT molecular complexity index is 430. The predicted molar refractivity (Wildman–Crippen MR) is 75.0 cm³/mol. The molecule has 0 aromatic carbocycles. The lowest BCUT2D eigenvalue weighted by atomic mass is 9.95. The minimum absolute atomic E-state index is 0.0105. The summed E-state index contributed by atoms with van der Waals surface area (Å²) in [5.74, 6) is 0.0105. The molecule has 1 aliphatic rings. The van der Waals surface area contributed by atoms with E-state index in [1.165, 1.54) is 12.8 Å². The summed E-state index contributed by atoms with van der Waals surface area (Å²) in [5, 5.41) is 7.44. The van der Waals surface area contributed by atoms with Gasteiger partial charge in [-0.1, -0.05) is 35.7 Å². The van der Waals surface area contributed by atoms with Gasteiger partial charge in [0.2, 0.25) is 0 Å². The number of nitrogens with zero attached hydrogens (tertiary/aromatic N) is 2. The smallest absolute Gasteiger partial charge is 0.255 e. The molecule has 0 aliphatic heterocycles. The first-order valence-corrected chi connectivity index (χ1v) is 7.50. The van der Waals surface area contributed by atoms with E-state index in [1.54, 1.807) is 10.9 Å². The molecule has 2 atom stereocenters. The van der Waals surface area contributed by atoms with Crippen molar-refractivity contribution in [3.05, 3.63) is 17.5 Å². The molecule has 2 rings (SSSR count). The summed E-state index contributed by atoms with van der Waals surface area (Å²) in [6, 6.07) is 0.246. The third-order valence-electron chi connectivity index (χ3n) is 3.48. The van der Waals surface area contributed by atoms with Crippen molar-refractivity contribution in [2.75, 3.05) is 0 Å². The fraction of sp³-hybridized carbons (Fsp3) is 0.692. The van der Waals surface area contributed by atoms with Crippen LogP contribution < -0.4 is 5.32 Å². The quantitative estimate of drug-likeness (QED) is 0.871. The Morgan fingerprint density at radius 3 is 2.94 bits per heavy atom. The van der Waals surface area contributed by atoms with Crippen LogP contribution in [0.15, 0.2) is 6.20 Å². The second kappa shape index (κ2) is 5.87. The third kappa shape index (κ3) is 2.94. The molecule has 4 nitrogen and oxygen atoms in total. The first-order chi connectivity index (χ1) is 8.61. The van der Waals surface area contributed by atoms with E-state index >= 15 is 0 Å². The van der Waals surface area contributed by atoms with Crippen LogP contribution in [-0.4, -0.2) is 26.6 Å². The zero-order valence-corrected chi connectivity index (χ0v) is 12.5. The average molecular weight is 314 g/mol. The van der Waals surface area contributed by atoms with Crippen LogP contribution in [0.5, 0.6) is 0 Å². The van der Waals surface area contributed by atoms with Gasteiger partial charge < -0.3 is 5.32 Å². The summed E-state index contributed by atoms with van der Waals surface area (Å²) in [5.41, 5.74) is 1.59. The van der Waals surface area contributed by atoms with Crippen LogP contribution >= 0.6 is 15.9 Å². The molecule has 1 saturated carbocycles. The van der Waals surface area contributed by atoms with Gasteiger partial charge in [0.1, 0.15) is 0 Å². The molecular weight excluding hydrogens is 294 g/mol. The number of hydrogen-bond donors (Lipinski definition) is 1. The van der Waals surface area contributed by atoms with Gasteiger partial charge in [-0.2, -0.15) is 5.10 Å². The molecule has 2 unspecified atom stereocenters.